The molecule has 0 N–H and O–H groups in total. The van der Waals surface area contributed by atoms with Crippen molar-refractivity contribution in [2.45, 2.75) is 25.3 Å². The summed E-state index contributed by atoms with van der Waals surface area (Å²) in [6, 6.07) is 0.0353. The van der Waals surface area contributed by atoms with Crippen LogP contribution in [0.25, 0.3) is 0 Å². The number of rotatable bonds is 1. The Morgan fingerprint density at radius 2 is 2.08 bits per heavy atom. The summed E-state index contributed by atoms with van der Waals surface area (Å²) in [6.45, 7) is 6.49. The molecule has 0 saturated carbocycles. The number of hydrogen-bond donors (Lipinski definition) is 0. The molecular weight excluding hydrogens is 166 g/mol. The predicted molar refractivity (Wildman–Crippen MR) is 49.3 cm³/mol. The third-order valence-electron chi connectivity index (χ3n) is 2.85. The molecule has 72 valence electrons. The fourth-order valence-corrected chi connectivity index (χ4v) is 1.97. The van der Waals surface area contributed by atoms with Gasteiger partial charge in [-0.25, -0.2) is 0 Å². The van der Waals surface area contributed by atoms with E-state index in [1.54, 1.807) is 0 Å². The maximum atomic E-state index is 11.3. The van der Waals surface area contributed by atoms with Gasteiger partial charge in [0.15, 0.2) is 0 Å². The summed E-state index contributed by atoms with van der Waals surface area (Å²) in [5.41, 5.74) is 1.31. The molecule has 0 aromatic heterocycles. The Labute approximate surface area is 78.4 Å². The van der Waals surface area contributed by atoms with Gasteiger partial charge in [-0.1, -0.05) is 12.2 Å². The molecule has 2 heterocycles. The first-order valence-electron chi connectivity index (χ1n) is 4.85. The molecule has 2 fully saturated rings. The van der Waals surface area contributed by atoms with E-state index in [1.165, 1.54) is 5.57 Å². The van der Waals surface area contributed by atoms with Gasteiger partial charge in [0, 0.05) is 19.5 Å². The van der Waals surface area contributed by atoms with E-state index in [0.717, 1.165) is 32.4 Å². The average Bonchev–Trinajstić information content (AvgIpc) is 2.53. The number of piperidine rings is 1. The summed E-state index contributed by atoms with van der Waals surface area (Å²) in [4.78, 5) is 13.5. The SMILES string of the molecule is C=C1CCN(C2CCOC2=O)CC1. The van der Waals surface area contributed by atoms with Crippen molar-refractivity contribution in [1.82, 2.24) is 4.90 Å². The predicted octanol–water partition coefficient (Wildman–Crippen LogP) is 0.954. The van der Waals surface area contributed by atoms with Gasteiger partial charge in [-0.05, 0) is 12.8 Å². The summed E-state index contributed by atoms with van der Waals surface area (Å²) in [6.07, 6.45) is 2.93. The molecule has 0 aromatic rings. The molecule has 2 aliphatic heterocycles. The Morgan fingerprint density at radius 3 is 2.62 bits per heavy atom. The minimum absolute atomic E-state index is 0.0347. The number of hydrogen-bond acceptors (Lipinski definition) is 3. The number of nitrogens with zero attached hydrogens (tertiary/aromatic N) is 1. The Bertz CT molecular complexity index is 227. The highest BCUT2D eigenvalue weighted by atomic mass is 16.5. The Hall–Kier alpha value is -0.830. The minimum Gasteiger partial charge on any atom is -0.464 e. The maximum Gasteiger partial charge on any atom is 0.323 e. The third-order valence-corrected chi connectivity index (χ3v) is 2.85. The van der Waals surface area contributed by atoms with Crippen molar-refractivity contribution in [3.05, 3.63) is 12.2 Å². The van der Waals surface area contributed by atoms with E-state index < -0.39 is 0 Å². The number of cyclic esters (lactones) is 1. The molecule has 1 unspecified atom stereocenters. The number of likely N-dealkylation sites (tertiary alicyclic amines) is 1. The fraction of sp³-hybridized carbons (Fsp3) is 0.700. The lowest BCUT2D eigenvalue weighted by Crippen LogP contribution is -2.42. The van der Waals surface area contributed by atoms with Crippen molar-refractivity contribution in [2.75, 3.05) is 19.7 Å². The van der Waals surface area contributed by atoms with E-state index in [1.807, 2.05) is 0 Å². The lowest BCUT2D eigenvalue weighted by Gasteiger charge is -2.30. The molecule has 0 amide bonds. The van der Waals surface area contributed by atoms with E-state index in [4.69, 9.17) is 4.74 Å². The maximum absolute atomic E-state index is 11.3. The zero-order chi connectivity index (χ0) is 9.26. The van der Waals surface area contributed by atoms with Crippen molar-refractivity contribution in [2.24, 2.45) is 0 Å². The molecule has 13 heavy (non-hydrogen) atoms. The standard InChI is InChI=1S/C10H15NO2/c1-8-2-5-11(6-3-8)9-4-7-13-10(9)12/h9H,1-7H2. The third kappa shape index (κ3) is 1.75. The van der Waals surface area contributed by atoms with Gasteiger partial charge in [0.25, 0.3) is 0 Å². The molecule has 1 atom stereocenters. The summed E-state index contributed by atoms with van der Waals surface area (Å²) in [5, 5.41) is 0. The van der Waals surface area contributed by atoms with Crippen molar-refractivity contribution >= 4 is 5.97 Å². The molecule has 0 aliphatic carbocycles. The van der Waals surface area contributed by atoms with Crippen LogP contribution in [0, 0.1) is 0 Å². The van der Waals surface area contributed by atoms with E-state index in [2.05, 4.69) is 11.5 Å². The number of carbonyl (C=O) groups is 1. The lowest BCUT2D eigenvalue weighted by molar-refractivity contribution is -0.142. The van der Waals surface area contributed by atoms with Gasteiger partial charge in [0.05, 0.1) is 6.61 Å². The normalized spacial score (nSPS) is 30.6. The highest BCUT2D eigenvalue weighted by Crippen LogP contribution is 2.21. The monoisotopic (exact) mass is 181 g/mol. The average molecular weight is 181 g/mol. The van der Waals surface area contributed by atoms with Crippen LogP contribution < -0.4 is 0 Å². The summed E-state index contributed by atoms with van der Waals surface area (Å²) in [7, 11) is 0. The second-order valence-electron chi connectivity index (χ2n) is 3.76. The summed E-state index contributed by atoms with van der Waals surface area (Å²) < 4.78 is 4.94. The lowest BCUT2D eigenvalue weighted by atomic mass is 10.0. The molecule has 2 aliphatic rings. The van der Waals surface area contributed by atoms with Gasteiger partial charge >= 0.3 is 5.97 Å². The van der Waals surface area contributed by atoms with E-state index in [-0.39, 0.29) is 12.0 Å². The second kappa shape index (κ2) is 3.50. The number of esters is 1. The summed E-state index contributed by atoms with van der Waals surface area (Å²) >= 11 is 0. The fourth-order valence-electron chi connectivity index (χ4n) is 1.97. The molecule has 2 rings (SSSR count). The van der Waals surface area contributed by atoms with Gasteiger partial charge in [0.2, 0.25) is 0 Å². The zero-order valence-electron chi connectivity index (χ0n) is 7.79. The van der Waals surface area contributed by atoms with Gasteiger partial charge in [-0.15, -0.1) is 0 Å². The topological polar surface area (TPSA) is 29.5 Å². The molecule has 2 saturated heterocycles. The van der Waals surface area contributed by atoms with E-state index in [0.29, 0.717) is 6.61 Å². The second-order valence-corrected chi connectivity index (χ2v) is 3.76. The molecule has 3 heteroatoms. The van der Waals surface area contributed by atoms with E-state index >= 15 is 0 Å². The van der Waals surface area contributed by atoms with E-state index in [9.17, 15) is 4.79 Å². The van der Waals surface area contributed by atoms with Crippen molar-refractivity contribution in [1.29, 1.82) is 0 Å². The zero-order valence-corrected chi connectivity index (χ0v) is 7.79. The molecular formula is C10H15NO2. The van der Waals surface area contributed by atoms with Crippen LogP contribution in [0.3, 0.4) is 0 Å². The molecule has 0 spiro atoms. The van der Waals surface area contributed by atoms with Crippen LogP contribution >= 0.6 is 0 Å². The van der Waals surface area contributed by atoms with Crippen LogP contribution in [0.5, 0.6) is 0 Å². The van der Waals surface area contributed by atoms with Crippen molar-refractivity contribution < 1.29 is 9.53 Å². The van der Waals surface area contributed by atoms with Crippen LogP contribution in [0.4, 0.5) is 0 Å². The Kier molecular flexibility index (Phi) is 2.36. The smallest absolute Gasteiger partial charge is 0.323 e. The van der Waals surface area contributed by atoms with Crippen LogP contribution in [0.2, 0.25) is 0 Å². The Balaban J connectivity index is 1.93. The van der Waals surface area contributed by atoms with Crippen LogP contribution in [-0.4, -0.2) is 36.6 Å². The first kappa shape index (κ1) is 8.75. The highest BCUT2D eigenvalue weighted by molar-refractivity contribution is 5.77. The quantitative estimate of drug-likeness (QED) is 0.445. The molecule has 0 radical (unpaired) electrons. The van der Waals surface area contributed by atoms with Crippen molar-refractivity contribution in [3.8, 4) is 0 Å². The molecule has 0 bridgehead atoms. The van der Waals surface area contributed by atoms with Crippen LogP contribution in [0.1, 0.15) is 19.3 Å². The molecule has 3 nitrogen and oxygen atoms in total. The Morgan fingerprint density at radius 1 is 1.38 bits per heavy atom. The van der Waals surface area contributed by atoms with Gasteiger partial charge < -0.3 is 4.74 Å². The molecule has 0 aromatic carbocycles. The van der Waals surface area contributed by atoms with Crippen LogP contribution in [-0.2, 0) is 9.53 Å². The first-order chi connectivity index (χ1) is 6.27. The van der Waals surface area contributed by atoms with Crippen LogP contribution in [0.15, 0.2) is 12.2 Å². The minimum atomic E-state index is -0.0347. The number of ether oxygens (including phenoxy) is 1. The largest absolute Gasteiger partial charge is 0.464 e. The van der Waals surface area contributed by atoms with Gasteiger partial charge in [-0.3, -0.25) is 9.69 Å². The first-order valence-corrected chi connectivity index (χ1v) is 4.85. The number of carbonyl (C=O) groups excluding carboxylic acids is 1. The van der Waals surface area contributed by atoms with Gasteiger partial charge in [0.1, 0.15) is 6.04 Å². The van der Waals surface area contributed by atoms with Crippen molar-refractivity contribution in [3.63, 3.8) is 0 Å². The summed E-state index contributed by atoms with van der Waals surface area (Å²) in [5.74, 6) is -0.0347. The van der Waals surface area contributed by atoms with Gasteiger partial charge in [-0.2, -0.15) is 0 Å². The highest BCUT2D eigenvalue weighted by Gasteiger charge is 2.32.